The van der Waals surface area contributed by atoms with Gasteiger partial charge in [-0.2, -0.15) is 4.98 Å². The number of aromatic nitrogens is 1. The molecule has 4 rings (SSSR count). The Bertz CT molecular complexity index is 1240. The largest absolute Gasteiger partial charge is 0.611 e. The van der Waals surface area contributed by atoms with Gasteiger partial charge in [0.15, 0.2) is 10.5 Å². The second kappa shape index (κ2) is 10.5. The van der Waals surface area contributed by atoms with Crippen molar-refractivity contribution in [2.24, 2.45) is 5.14 Å². The molecular formula is C23H30N4O5S2. The van der Waals surface area contributed by atoms with E-state index in [0.717, 1.165) is 36.4 Å². The van der Waals surface area contributed by atoms with Crippen molar-refractivity contribution >= 4 is 38.3 Å². The molecule has 2 aromatic carbocycles. The fraction of sp³-hybridized carbons (Fsp3) is 0.435. The first-order chi connectivity index (χ1) is 16.3. The van der Waals surface area contributed by atoms with Crippen LogP contribution in [0.15, 0.2) is 50.6 Å². The molecule has 0 aliphatic carbocycles. The molecule has 9 nitrogen and oxygen atoms in total. The zero-order valence-electron chi connectivity index (χ0n) is 19.3. The molecule has 1 aromatic heterocycles. The Labute approximate surface area is 202 Å². The Kier molecular flexibility index (Phi) is 7.68. The summed E-state index contributed by atoms with van der Waals surface area (Å²) in [6.07, 6.45) is 1.81. The van der Waals surface area contributed by atoms with Crippen molar-refractivity contribution in [2.75, 3.05) is 30.3 Å². The molecule has 0 amide bonds. The van der Waals surface area contributed by atoms with Gasteiger partial charge in [-0.25, -0.2) is 13.6 Å². The number of ether oxygens (including phenoxy) is 1. The number of rotatable bonds is 9. The van der Waals surface area contributed by atoms with Gasteiger partial charge in [-0.15, -0.1) is 0 Å². The number of piperidine rings is 1. The summed E-state index contributed by atoms with van der Waals surface area (Å²) in [5.41, 5.74) is 1.85. The topological polar surface area (TPSA) is 134 Å². The number of primary sulfonamides is 1. The van der Waals surface area contributed by atoms with E-state index in [1.165, 1.54) is 12.1 Å². The smallest absolute Gasteiger partial charge is 0.298 e. The van der Waals surface area contributed by atoms with Crippen LogP contribution in [0.1, 0.15) is 32.3 Å². The first kappa shape index (κ1) is 24.8. The molecule has 1 fully saturated rings. The Balaban J connectivity index is 1.73. The average Bonchev–Trinajstić information content (AvgIpc) is 3.25. The summed E-state index contributed by atoms with van der Waals surface area (Å²) >= 11 is -1.12. The molecule has 1 unspecified atom stereocenters. The predicted molar refractivity (Wildman–Crippen MR) is 132 cm³/mol. The van der Waals surface area contributed by atoms with E-state index in [2.05, 4.69) is 15.2 Å². The maximum Gasteiger partial charge on any atom is 0.298 e. The van der Waals surface area contributed by atoms with E-state index in [9.17, 15) is 13.0 Å². The number of benzene rings is 2. The van der Waals surface area contributed by atoms with Crippen LogP contribution in [0.3, 0.4) is 0 Å². The average molecular weight is 507 g/mol. The minimum atomic E-state index is -3.85. The van der Waals surface area contributed by atoms with Crippen LogP contribution < -0.4 is 20.1 Å². The zero-order chi connectivity index (χ0) is 24.3. The van der Waals surface area contributed by atoms with E-state index in [0.29, 0.717) is 41.8 Å². The van der Waals surface area contributed by atoms with Crippen LogP contribution in [0.25, 0.3) is 11.1 Å². The Morgan fingerprint density at radius 3 is 2.68 bits per heavy atom. The third-order valence-corrected chi connectivity index (χ3v) is 8.00. The Morgan fingerprint density at radius 2 is 2.00 bits per heavy atom. The van der Waals surface area contributed by atoms with Crippen molar-refractivity contribution in [1.29, 1.82) is 0 Å². The fourth-order valence-corrected chi connectivity index (χ4v) is 5.53. The van der Waals surface area contributed by atoms with Gasteiger partial charge in [-0.05, 0) is 86.8 Å². The quantitative estimate of drug-likeness (QED) is 0.423. The molecule has 11 heteroatoms. The van der Waals surface area contributed by atoms with Gasteiger partial charge in [-0.3, -0.25) is 0 Å². The normalized spacial score (nSPS) is 16.0. The number of oxazole rings is 1. The molecule has 184 valence electrons. The zero-order valence-corrected chi connectivity index (χ0v) is 21.0. The predicted octanol–water partition coefficient (Wildman–Crippen LogP) is 2.76. The number of nitrogens with zero attached hydrogens (tertiary/aromatic N) is 2. The maximum atomic E-state index is 12.6. The number of hydrogen-bond donors (Lipinski definition) is 2. The highest BCUT2D eigenvalue weighted by molar-refractivity contribution is 7.91. The molecule has 1 atom stereocenters. The van der Waals surface area contributed by atoms with E-state index in [4.69, 9.17) is 14.3 Å². The minimum absolute atomic E-state index is 0.00984. The van der Waals surface area contributed by atoms with Crippen LogP contribution >= 0.6 is 0 Å². The van der Waals surface area contributed by atoms with Gasteiger partial charge in [0.2, 0.25) is 10.0 Å². The highest BCUT2D eigenvalue weighted by Crippen LogP contribution is 2.30. The van der Waals surface area contributed by atoms with E-state index in [1.54, 1.807) is 6.07 Å². The van der Waals surface area contributed by atoms with Crippen LogP contribution in [0, 0.1) is 0 Å². The lowest BCUT2D eigenvalue weighted by molar-refractivity contribution is 0.338. The van der Waals surface area contributed by atoms with Crippen molar-refractivity contribution in [2.45, 2.75) is 49.1 Å². The molecule has 1 aliphatic heterocycles. The van der Waals surface area contributed by atoms with E-state index >= 15 is 0 Å². The van der Waals surface area contributed by atoms with Gasteiger partial charge >= 0.3 is 0 Å². The van der Waals surface area contributed by atoms with E-state index < -0.39 is 21.2 Å². The number of hydrogen-bond acceptors (Lipinski definition) is 8. The van der Waals surface area contributed by atoms with Crippen LogP contribution in [0.5, 0.6) is 5.75 Å². The van der Waals surface area contributed by atoms with Gasteiger partial charge in [0.05, 0.1) is 11.5 Å². The number of sulfonamides is 1. The van der Waals surface area contributed by atoms with Crippen molar-refractivity contribution in [3.63, 3.8) is 0 Å². The monoisotopic (exact) mass is 506 g/mol. The van der Waals surface area contributed by atoms with Gasteiger partial charge in [0, 0.05) is 18.7 Å². The van der Waals surface area contributed by atoms with Crippen LogP contribution in [-0.4, -0.2) is 49.4 Å². The van der Waals surface area contributed by atoms with Gasteiger partial charge in [0.1, 0.15) is 17.0 Å². The summed E-state index contributed by atoms with van der Waals surface area (Å²) in [6, 6.07) is 10.7. The lowest BCUT2D eigenvalue weighted by Gasteiger charge is -2.33. The number of anilines is 1. The van der Waals surface area contributed by atoms with E-state index in [-0.39, 0.29) is 10.9 Å². The molecule has 1 aliphatic rings. The molecule has 0 spiro atoms. The third kappa shape index (κ3) is 5.66. The molecular weight excluding hydrogens is 476 g/mol. The number of nitrogens with two attached hydrogens (primary N) is 1. The summed E-state index contributed by atoms with van der Waals surface area (Å²) in [6.45, 7) is 6.55. The van der Waals surface area contributed by atoms with E-state index in [1.807, 2.05) is 32.0 Å². The fourth-order valence-electron chi connectivity index (χ4n) is 4.13. The molecule has 3 N–H and O–H groups in total. The van der Waals surface area contributed by atoms with Crippen LogP contribution in [0.4, 0.5) is 6.01 Å². The Hall–Kier alpha value is -2.31. The summed E-state index contributed by atoms with van der Waals surface area (Å²) < 4.78 is 47.9. The first-order valence-corrected chi connectivity index (χ1v) is 14.2. The molecule has 0 radical (unpaired) electrons. The summed E-state index contributed by atoms with van der Waals surface area (Å²) in [4.78, 5) is 7.43. The number of fused-ring (bicyclic) bond motifs is 1. The summed E-state index contributed by atoms with van der Waals surface area (Å²) in [7, 11) is -3.85. The summed E-state index contributed by atoms with van der Waals surface area (Å²) in [5.74, 6) is 1.20. The van der Waals surface area contributed by atoms with Gasteiger partial charge < -0.3 is 23.9 Å². The van der Waals surface area contributed by atoms with Crippen molar-refractivity contribution in [1.82, 2.24) is 10.3 Å². The SMILES string of the molecule is CCOc1cc(CN(c2nc3cc(S(N)(=O)=O)ccc3o2)C2CCNCC2)cc([S+]([O-])CC)c1. The van der Waals surface area contributed by atoms with Crippen LogP contribution in [0.2, 0.25) is 0 Å². The summed E-state index contributed by atoms with van der Waals surface area (Å²) in [5, 5.41) is 8.66. The van der Waals surface area contributed by atoms with Crippen molar-refractivity contribution in [3.8, 4) is 5.75 Å². The highest BCUT2D eigenvalue weighted by Gasteiger charge is 2.27. The lowest BCUT2D eigenvalue weighted by Crippen LogP contribution is -2.43. The standard InChI is InChI=1S/C23H30N4O5S2/c1-3-31-18-11-16(12-19(13-18)33(28)4-2)15-27(17-7-9-25-10-8-17)23-26-21-14-20(34(24,29)30)5-6-22(21)32-23/h5-6,11-14,17,25H,3-4,7-10,15H2,1-2H3,(H2,24,29,30). The molecule has 3 aromatic rings. The van der Waals surface area contributed by atoms with Crippen molar-refractivity contribution < 1.29 is 22.1 Å². The number of nitrogens with one attached hydrogen (secondary N) is 1. The molecule has 0 bridgehead atoms. The molecule has 1 saturated heterocycles. The molecule has 2 heterocycles. The second-order valence-electron chi connectivity index (χ2n) is 8.16. The van der Waals surface area contributed by atoms with Gasteiger partial charge in [0.25, 0.3) is 6.01 Å². The third-order valence-electron chi connectivity index (χ3n) is 5.80. The first-order valence-electron chi connectivity index (χ1n) is 11.3. The van der Waals surface area contributed by atoms with Crippen LogP contribution in [-0.2, 0) is 27.7 Å². The lowest BCUT2D eigenvalue weighted by atomic mass is 10.0. The Morgan fingerprint density at radius 1 is 1.24 bits per heavy atom. The second-order valence-corrected chi connectivity index (χ2v) is 11.5. The van der Waals surface area contributed by atoms with Gasteiger partial charge in [-0.1, -0.05) is 0 Å². The van der Waals surface area contributed by atoms with Crippen molar-refractivity contribution in [3.05, 3.63) is 42.0 Å². The molecule has 34 heavy (non-hydrogen) atoms. The molecule has 0 saturated carbocycles. The highest BCUT2D eigenvalue weighted by atomic mass is 32.2. The minimum Gasteiger partial charge on any atom is -0.611 e. The maximum absolute atomic E-state index is 12.6.